The number of ether oxygens (including phenoxy) is 1. The normalized spacial score (nSPS) is 15.3. The summed E-state index contributed by atoms with van der Waals surface area (Å²) in [6.07, 6.45) is 5.03. The van der Waals surface area contributed by atoms with Gasteiger partial charge >= 0.3 is 5.97 Å². The van der Waals surface area contributed by atoms with E-state index in [1.54, 1.807) is 0 Å². The number of para-hydroxylation sites is 1. The summed E-state index contributed by atoms with van der Waals surface area (Å²) in [5.41, 5.74) is 3.43. The van der Waals surface area contributed by atoms with Crippen LogP contribution in [0.2, 0.25) is 0 Å². The van der Waals surface area contributed by atoms with Crippen LogP contribution in [0.1, 0.15) is 54.7 Å². The number of hydrogen-bond donors (Lipinski definition) is 2. The van der Waals surface area contributed by atoms with Crippen LogP contribution in [0.25, 0.3) is 0 Å². The average molecular weight is 415 g/mol. The Morgan fingerprint density at radius 3 is 2.59 bits per heavy atom. The Labute approximate surface area is 177 Å². The summed E-state index contributed by atoms with van der Waals surface area (Å²) in [6.45, 7) is 0.515. The van der Waals surface area contributed by atoms with Crippen molar-refractivity contribution in [2.45, 2.75) is 57.2 Å². The predicted octanol–water partition coefficient (Wildman–Crippen LogP) is 5.03. The van der Waals surface area contributed by atoms with Gasteiger partial charge < -0.3 is 14.9 Å². The number of carbonyl (C=O) groups is 1. The van der Waals surface area contributed by atoms with Gasteiger partial charge in [0, 0.05) is 17.9 Å². The fourth-order valence-corrected chi connectivity index (χ4v) is 4.80. The molecular formula is C24H30O4S. The molecule has 3 rings (SSSR count). The SMILES string of the molecule is O=C(O)CCSCC(O)Cc1cccc(C2CCCC2)c1OCc1ccccc1. The number of benzene rings is 2. The molecule has 1 aliphatic carbocycles. The van der Waals surface area contributed by atoms with Crippen LogP contribution >= 0.6 is 11.8 Å². The van der Waals surface area contributed by atoms with Crippen molar-refractivity contribution in [1.82, 2.24) is 0 Å². The van der Waals surface area contributed by atoms with Crippen molar-refractivity contribution >= 4 is 17.7 Å². The highest BCUT2D eigenvalue weighted by Crippen LogP contribution is 2.40. The lowest BCUT2D eigenvalue weighted by molar-refractivity contribution is -0.136. The van der Waals surface area contributed by atoms with E-state index in [-0.39, 0.29) is 6.42 Å². The van der Waals surface area contributed by atoms with E-state index < -0.39 is 12.1 Å². The second kappa shape index (κ2) is 11.3. The van der Waals surface area contributed by atoms with Crippen LogP contribution in [-0.4, -0.2) is 33.8 Å². The van der Waals surface area contributed by atoms with E-state index in [1.165, 1.54) is 43.0 Å². The Bertz CT molecular complexity index is 772. The van der Waals surface area contributed by atoms with E-state index in [0.717, 1.165) is 16.9 Å². The fraction of sp³-hybridized carbons (Fsp3) is 0.458. The molecule has 4 nitrogen and oxygen atoms in total. The molecule has 2 aromatic carbocycles. The standard InChI is InChI=1S/C24H30O4S/c25-21(17-29-14-13-23(26)27)15-20-11-6-12-22(19-9-4-5-10-19)24(20)28-16-18-7-2-1-3-8-18/h1-3,6-8,11-12,19,21,25H,4-5,9-10,13-17H2,(H,26,27). The first kappa shape index (κ1) is 21.7. The van der Waals surface area contributed by atoms with Crippen LogP contribution in [0.3, 0.4) is 0 Å². The lowest BCUT2D eigenvalue weighted by Crippen LogP contribution is -2.16. The van der Waals surface area contributed by atoms with Gasteiger partial charge in [0.2, 0.25) is 0 Å². The molecule has 0 aromatic heterocycles. The van der Waals surface area contributed by atoms with Gasteiger partial charge in [-0.25, -0.2) is 0 Å². The second-order valence-electron chi connectivity index (χ2n) is 7.67. The van der Waals surface area contributed by atoms with E-state index in [2.05, 4.69) is 24.3 Å². The molecule has 1 saturated carbocycles. The van der Waals surface area contributed by atoms with Crippen molar-refractivity contribution in [3.8, 4) is 5.75 Å². The number of carboxylic acids is 1. The second-order valence-corrected chi connectivity index (χ2v) is 8.82. The summed E-state index contributed by atoms with van der Waals surface area (Å²) >= 11 is 1.48. The fourth-order valence-electron chi connectivity index (χ4n) is 3.92. The Kier molecular flexibility index (Phi) is 8.44. The van der Waals surface area contributed by atoms with Crippen molar-refractivity contribution in [3.63, 3.8) is 0 Å². The molecule has 0 aliphatic heterocycles. The minimum atomic E-state index is -0.798. The maximum Gasteiger partial charge on any atom is 0.304 e. The molecule has 156 valence electrons. The van der Waals surface area contributed by atoms with E-state index in [4.69, 9.17) is 9.84 Å². The Balaban J connectivity index is 1.70. The highest BCUT2D eigenvalue weighted by Gasteiger charge is 2.23. The van der Waals surface area contributed by atoms with Gasteiger partial charge in [-0.1, -0.05) is 61.4 Å². The van der Waals surface area contributed by atoms with Gasteiger partial charge in [-0.05, 0) is 35.4 Å². The van der Waals surface area contributed by atoms with Gasteiger partial charge in [0.05, 0.1) is 12.5 Å². The Morgan fingerprint density at radius 2 is 1.86 bits per heavy atom. The van der Waals surface area contributed by atoms with Gasteiger partial charge in [0.25, 0.3) is 0 Å². The maximum absolute atomic E-state index is 10.6. The minimum Gasteiger partial charge on any atom is -0.488 e. The van der Waals surface area contributed by atoms with Gasteiger partial charge in [0.1, 0.15) is 12.4 Å². The van der Waals surface area contributed by atoms with Crippen LogP contribution < -0.4 is 4.74 Å². The molecule has 1 aliphatic rings. The number of carboxylic acid groups (broad SMARTS) is 1. The first-order valence-electron chi connectivity index (χ1n) is 10.4. The molecule has 0 amide bonds. The maximum atomic E-state index is 10.6. The van der Waals surface area contributed by atoms with Gasteiger partial charge in [-0.3, -0.25) is 4.79 Å². The molecule has 1 atom stereocenters. The minimum absolute atomic E-state index is 0.125. The molecule has 1 unspecified atom stereocenters. The molecule has 1 fully saturated rings. The molecule has 0 spiro atoms. The zero-order valence-corrected chi connectivity index (χ0v) is 17.6. The van der Waals surface area contributed by atoms with Crippen molar-refractivity contribution in [2.75, 3.05) is 11.5 Å². The number of rotatable bonds is 11. The first-order chi connectivity index (χ1) is 14.1. The molecule has 0 radical (unpaired) electrons. The predicted molar refractivity (Wildman–Crippen MR) is 118 cm³/mol. The molecule has 5 heteroatoms. The highest BCUT2D eigenvalue weighted by molar-refractivity contribution is 7.99. The third kappa shape index (κ3) is 6.79. The van der Waals surface area contributed by atoms with Crippen LogP contribution in [0.4, 0.5) is 0 Å². The molecule has 2 N–H and O–H groups in total. The van der Waals surface area contributed by atoms with Gasteiger partial charge in [-0.15, -0.1) is 0 Å². The number of aliphatic hydroxyl groups excluding tert-OH is 1. The zero-order chi connectivity index (χ0) is 20.5. The molecule has 0 bridgehead atoms. The summed E-state index contributed by atoms with van der Waals surface area (Å²) in [5, 5.41) is 19.3. The average Bonchev–Trinajstić information content (AvgIpc) is 3.25. The molecule has 0 heterocycles. The number of thioether (sulfide) groups is 1. The Morgan fingerprint density at radius 1 is 1.10 bits per heavy atom. The number of aliphatic carboxylic acids is 1. The molecular weight excluding hydrogens is 384 g/mol. The van der Waals surface area contributed by atoms with Crippen molar-refractivity contribution in [2.24, 2.45) is 0 Å². The van der Waals surface area contributed by atoms with Crippen LogP contribution in [0, 0.1) is 0 Å². The van der Waals surface area contributed by atoms with Crippen molar-refractivity contribution in [1.29, 1.82) is 0 Å². The number of aliphatic hydroxyl groups is 1. The third-order valence-corrected chi connectivity index (χ3v) is 6.49. The highest BCUT2D eigenvalue weighted by atomic mass is 32.2. The first-order valence-corrected chi connectivity index (χ1v) is 11.5. The summed E-state index contributed by atoms with van der Waals surface area (Å²) in [5.74, 6) is 1.71. The van der Waals surface area contributed by atoms with E-state index in [0.29, 0.717) is 30.5 Å². The Hall–Kier alpha value is -1.98. The van der Waals surface area contributed by atoms with Crippen molar-refractivity contribution in [3.05, 3.63) is 65.2 Å². The van der Waals surface area contributed by atoms with Crippen LogP contribution in [0.15, 0.2) is 48.5 Å². The molecule has 0 saturated heterocycles. The summed E-state index contributed by atoms with van der Waals surface area (Å²) in [4.78, 5) is 10.6. The van der Waals surface area contributed by atoms with E-state index in [1.807, 2.05) is 24.3 Å². The monoisotopic (exact) mass is 414 g/mol. The quantitative estimate of drug-likeness (QED) is 0.505. The lowest BCUT2D eigenvalue weighted by atomic mass is 9.93. The zero-order valence-electron chi connectivity index (χ0n) is 16.8. The smallest absolute Gasteiger partial charge is 0.304 e. The molecule has 2 aromatic rings. The van der Waals surface area contributed by atoms with Gasteiger partial charge in [0.15, 0.2) is 0 Å². The summed E-state index contributed by atoms with van der Waals surface area (Å²) < 4.78 is 6.33. The van der Waals surface area contributed by atoms with Crippen LogP contribution in [-0.2, 0) is 17.8 Å². The topological polar surface area (TPSA) is 66.8 Å². The van der Waals surface area contributed by atoms with Gasteiger partial charge in [-0.2, -0.15) is 11.8 Å². The third-order valence-electron chi connectivity index (χ3n) is 5.37. The van der Waals surface area contributed by atoms with Crippen LogP contribution in [0.5, 0.6) is 5.75 Å². The lowest BCUT2D eigenvalue weighted by Gasteiger charge is -2.21. The summed E-state index contributed by atoms with van der Waals surface area (Å²) in [7, 11) is 0. The largest absolute Gasteiger partial charge is 0.488 e. The van der Waals surface area contributed by atoms with E-state index in [9.17, 15) is 9.90 Å². The van der Waals surface area contributed by atoms with Crippen molar-refractivity contribution < 1.29 is 19.7 Å². The van der Waals surface area contributed by atoms with E-state index >= 15 is 0 Å². The summed E-state index contributed by atoms with van der Waals surface area (Å²) in [6, 6.07) is 16.4. The number of hydrogen-bond acceptors (Lipinski definition) is 4. The molecule has 29 heavy (non-hydrogen) atoms.